The Morgan fingerprint density at radius 2 is 2.04 bits per heavy atom. The van der Waals surface area contributed by atoms with E-state index < -0.39 is 0 Å². The molecule has 0 bridgehead atoms. The zero-order valence-corrected chi connectivity index (χ0v) is 15.8. The molecule has 0 spiro atoms. The number of methoxy groups -OCH3 is 1. The SMILES string of the molecule is COC1CCOCC1c1cc(F)ccc1OCc1cccc(CBr)c1. The Labute approximate surface area is 156 Å². The first-order chi connectivity index (χ1) is 12.2. The molecule has 0 aromatic heterocycles. The fraction of sp³-hybridized carbons (Fsp3) is 0.400. The highest BCUT2D eigenvalue weighted by molar-refractivity contribution is 9.08. The fourth-order valence-electron chi connectivity index (χ4n) is 3.19. The van der Waals surface area contributed by atoms with E-state index in [0.29, 0.717) is 25.6 Å². The summed E-state index contributed by atoms with van der Waals surface area (Å²) in [5.41, 5.74) is 3.08. The van der Waals surface area contributed by atoms with Crippen molar-refractivity contribution < 1.29 is 18.6 Å². The summed E-state index contributed by atoms with van der Waals surface area (Å²) in [6.07, 6.45) is 0.805. The molecular weight excluding hydrogens is 387 g/mol. The average molecular weight is 409 g/mol. The van der Waals surface area contributed by atoms with Crippen LogP contribution in [0.1, 0.15) is 29.0 Å². The van der Waals surface area contributed by atoms with Gasteiger partial charge < -0.3 is 14.2 Å². The van der Waals surface area contributed by atoms with Gasteiger partial charge >= 0.3 is 0 Å². The molecule has 2 atom stereocenters. The molecule has 0 radical (unpaired) electrons. The number of ether oxygens (including phenoxy) is 3. The maximum absolute atomic E-state index is 13.9. The molecule has 25 heavy (non-hydrogen) atoms. The standard InChI is InChI=1S/C20H22BrFO3/c1-23-19-7-8-24-13-18(19)17-10-16(22)5-6-20(17)25-12-15-4-2-3-14(9-15)11-21/h2-6,9-10,18-19H,7-8,11-13H2,1H3. The highest BCUT2D eigenvalue weighted by atomic mass is 79.9. The van der Waals surface area contributed by atoms with Gasteiger partial charge in [-0.05, 0) is 35.7 Å². The summed E-state index contributed by atoms with van der Waals surface area (Å²) in [5, 5.41) is 0.803. The van der Waals surface area contributed by atoms with Gasteiger partial charge in [0.05, 0.1) is 12.7 Å². The van der Waals surface area contributed by atoms with E-state index in [2.05, 4.69) is 28.1 Å². The van der Waals surface area contributed by atoms with Crippen molar-refractivity contribution in [2.24, 2.45) is 0 Å². The lowest BCUT2D eigenvalue weighted by atomic mass is 9.90. The lowest BCUT2D eigenvalue weighted by molar-refractivity contribution is -0.0292. The van der Waals surface area contributed by atoms with Crippen LogP contribution >= 0.6 is 15.9 Å². The quantitative estimate of drug-likeness (QED) is 0.641. The zero-order valence-electron chi connectivity index (χ0n) is 14.2. The third kappa shape index (κ3) is 4.60. The molecule has 0 aliphatic carbocycles. The molecule has 1 aliphatic heterocycles. The van der Waals surface area contributed by atoms with Crippen molar-refractivity contribution >= 4 is 15.9 Å². The van der Waals surface area contributed by atoms with Crippen LogP contribution in [0.25, 0.3) is 0 Å². The van der Waals surface area contributed by atoms with Crippen LogP contribution in [-0.2, 0) is 21.4 Å². The van der Waals surface area contributed by atoms with Crippen molar-refractivity contribution in [1.29, 1.82) is 0 Å². The third-order valence-corrected chi connectivity index (χ3v) is 5.15. The predicted octanol–water partition coefficient (Wildman–Crippen LogP) is 4.82. The number of hydrogen-bond acceptors (Lipinski definition) is 3. The maximum atomic E-state index is 13.9. The van der Waals surface area contributed by atoms with E-state index >= 15 is 0 Å². The smallest absolute Gasteiger partial charge is 0.123 e. The molecule has 1 fully saturated rings. The lowest BCUT2D eigenvalue weighted by Crippen LogP contribution is -2.32. The Kier molecular flexibility index (Phi) is 6.45. The number of rotatable bonds is 6. The normalized spacial score (nSPS) is 20.4. The average Bonchev–Trinajstić information content (AvgIpc) is 2.67. The Balaban J connectivity index is 1.81. The largest absolute Gasteiger partial charge is 0.489 e. The summed E-state index contributed by atoms with van der Waals surface area (Å²) >= 11 is 3.46. The summed E-state index contributed by atoms with van der Waals surface area (Å²) in [6, 6.07) is 12.9. The van der Waals surface area contributed by atoms with Crippen molar-refractivity contribution in [3.05, 3.63) is 65.0 Å². The van der Waals surface area contributed by atoms with E-state index in [1.807, 2.05) is 12.1 Å². The molecule has 0 N–H and O–H groups in total. The number of halogens is 2. The number of hydrogen-bond donors (Lipinski definition) is 0. The Bertz CT molecular complexity index is 707. The maximum Gasteiger partial charge on any atom is 0.123 e. The number of alkyl halides is 1. The predicted molar refractivity (Wildman–Crippen MR) is 98.8 cm³/mol. The van der Waals surface area contributed by atoms with Gasteiger partial charge in [-0.2, -0.15) is 0 Å². The Morgan fingerprint density at radius 3 is 2.84 bits per heavy atom. The van der Waals surface area contributed by atoms with Crippen LogP contribution in [0.15, 0.2) is 42.5 Å². The van der Waals surface area contributed by atoms with Crippen LogP contribution < -0.4 is 4.74 Å². The van der Waals surface area contributed by atoms with Gasteiger partial charge in [-0.3, -0.25) is 0 Å². The molecule has 3 rings (SSSR count). The van der Waals surface area contributed by atoms with Crippen molar-refractivity contribution in [3.8, 4) is 5.75 Å². The van der Waals surface area contributed by atoms with Crippen LogP contribution in [0.3, 0.4) is 0 Å². The highest BCUT2D eigenvalue weighted by Crippen LogP contribution is 2.35. The van der Waals surface area contributed by atoms with Gasteiger partial charge in [-0.1, -0.05) is 40.2 Å². The van der Waals surface area contributed by atoms with Gasteiger partial charge in [-0.25, -0.2) is 4.39 Å². The van der Waals surface area contributed by atoms with Crippen LogP contribution in [0, 0.1) is 5.82 Å². The summed E-state index contributed by atoms with van der Waals surface area (Å²) < 4.78 is 31.1. The molecule has 3 nitrogen and oxygen atoms in total. The van der Waals surface area contributed by atoms with Gasteiger partial charge in [0.1, 0.15) is 18.2 Å². The van der Waals surface area contributed by atoms with E-state index in [-0.39, 0.29) is 17.8 Å². The van der Waals surface area contributed by atoms with Crippen molar-refractivity contribution in [2.45, 2.75) is 30.4 Å². The minimum absolute atomic E-state index is 0.00891. The molecule has 1 heterocycles. The van der Waals surface area contributed by atoms with E-state index in [0.717, 1.165) is 22.9 Å². The first-order valence-electron chi connectivity index (χ1n) is 8.38. The monoisotopic (exact) mass is 408 g/mol. The second-order valence-corrected chi connectivity index (χ2v) is 6.73. The van der Waals surface area contributed by atoms with Gasteiger partial charge in [0.25, 0.3) is 0 Å². The van der Waals surface area contributed by atoms with Crippen molar-refractivity contribution in [2.75, 3.05) is 20.3 Å². The molecule has 2 aromatic carbocycles. The minimum Gasteiger partial charge on any atom is -0.489 e. The molecule has 0 amide bonds. The van der Waals surface area contributed by atoms with Crippen LogP contribution in [0.5, 0.6) is 5.75 Å². The summed E-state index contributed by atoms with van der Waals surface area (Å²) in [7, 11) is 1.69. The van der Waals surface area contributed by atoms with E-state index in [1.54, 1.807) is 13.2 Å². The van der Waals surface area contributed by atoms with Crippen LogP contribution in [0.4, 0.5) is 4.39 Å². The number of benzene rings is 2. The second kappa shape index (κ2) is 8.79. The van der Waals surface area contributed by atoms with E-state index in [4.69, 9.17) is 14.2 Å². The molecule has 2 aromatic rings. The van der Waals surface area contributed by atoms with E-state index in [1.165, 1.54) is 17.7 Å². The summed E-state index contributed by atoms with van der Waals surface area (Å²) in [4.78, 5) is 0. The minimum atomic E-state index is -0.274. The Hall–Kier alpha value is -1.43. The molecule has 2 unspecified atom stereocenters. The summed E-state index contributed by atoms with van der Waals surface area (Å²) in [6.45, 7) is 1.61. The second-order valence-electron chi connectivity index (χ2n) is 6.17. The summed E-state index contributed by atoms with van der Waals surface area (Å²) in [5.74, 6) is 0.380. The lowest BCUT2D eigenvalue weighted by Gasteiger charge is -2.31. The molecule has 0 saturated carbocycles. The fourth-order valence-corrected chi connectivity index (χ4v) is 3.54. The van der Waals surface area contributed by atoms with E-state index in [9.17, 15) is 4.39 Å². The third-order valence-electron chi connectivity index (χ3n) is 4.51. The van der Waals surface area contributed by atoms with Crippen molar-refractivity contribution in [1.82, 2.24) is 0 Å². The topological polar surface area (TPSA) is 27.7 Å². The van der Waals surface area contributed by atoms with Crippen molar-refractivity contribution in [3.63, 3.8) is 0 Å². The van der Waals surface area contributed by atoms with Gasteiger partial charge in [0, 0.05) is 30.5 Å². The molecular formula is C20H22BrFO3. The zero-order chi connectivity index (χ0) is 17.6. The first-order valence-corrected chi connectivity index (χ1v) is 9.50. The van der Waals surface area contributed by atoms with Gasteiger partial charge in [0.2, 0.25) is 0 Å². The molecule has 1 aliphatic rings. The molecule has 5 heteroatoms. The van der Waals surface area contributed by atoms with Crippen LogP contribution in [0.2, 0.25) is 0 Å². The van der Waals surface area contributed by atoms with Gasteiger partial charge in [0.15, 0.2) is 0 Å². The highest BCUT2D eigenvalue weighted by Gasteiger charge is 2.30. The Morgan fingerprint density at radius 1 is 1.20 bits per heavy atom. The van der Waals surface area contributed by atoms with Crippen LogP contribution in [-0.4, -0.2) is 26.4 Å². The molecule has 1 saturated heterocycles. The van der Waals surface area contributed by atoms with Gasteiger partial charge in [-0.15, -0.1) is 0 Å². The first kappa shape index (κ1) is 18.4. The molecule has 134 valence electrons.